The SMILES string of the molecule is CC(C)=CCN(C(=O)CCN1CCN(C(=O)c2cccc(C)c2)CC1)c1ccc2c(C)cc(=O)oc2c1. The number of piperazine rings is 1. The summed E-state index contributed by atoms with van der Waals surface area (Å²) in [5, 5.41) is 0.857. The molecule has 4 rings (SSSR count). The highest BCUT2D eigenvalue weighted by molar-refractivity contribution is 5.96. The van der Waals surface area contributed by atoms with E-state index in [1.54, 1.807) is 11.0 Å². The summed E-state index contributed by atoms with van der Waals surface area (Å²) in [7, 11) is 0. The molecule has 2 aromatic carbocycles. The Balaban J connectivity index is 1.40. The molecule has 0 bridgehead atoms. The summed E-state index contributed by atoms with van der Waals surface area (Å²) >= 11 is 0. The van der Waals surface area contributed by atoms with E-state index < -0.39 is 5.63 Å². The molecule has 0 spiro atoms. The second kappa shape index (κ2) is 11.6. The van der Waals surface area contributed by atoms with Crippen molar-refractivity contribution in [2.75, 3.05) is 44.2 Å². The maximum absolute atomic E-state index is 13.4. The smallest absolute Gasteiger partial charge is 0.336 e. The van der Waals surface area contributed by atoms with Crippen molar-refractivity contribution in [1.82, 2.24) is 9.80 Å². The molecule has 0 saturated carbocycles. The van der Waals surface area contributed by atoms with Crippen molar-refractivity contribution >= 4 is 28.5 Å². The molecule has 1 aliphatic rings. The van der Waals surface area contributed by atoms with Gasteiger partial charge in [0.25, 0.3) is 5.91 Å². The molecule has 194 valence electrons. The van der Waals surface area contributed by atoms with E-state index in [0.717, 1.165) is 40.7 Å². The van der Waals surface area contributed by atoms with Gasteiger partial charge in [0.1, 0.15) is 5.58 Å². The van der Waals surface area contributed by atoms with Gasteiger partial charge in [0.05, 0.1) is 0 Å². The molecule has 1 aromatic heterocycles. The zero-order valence-electron chi connectivity index (χ0n) is 22.1. The first-order valence-corrected chi connectivity index (χ1v) is 12.8. The first kappa shape index (κ1) is 26.4. The minimum absolute atomic E-state index is 0.00474. The first-order valence-electron chi connectivity index (χ1n) is 12.8. The van der Waals surface area contributed by atoms with Crippen LogP contribution in [0.25, 0.3) is 11.0 Å². The summed E-state index contributed by atoms with van der Waals surface area (Å²) in [6.45, 7) is 11.7. The summed E-state index contributed by atoms with van der Waals surface area (Å²) in [5.74, 6) is 0.0654. The fourth-order valence-electron chi connectivity index (χ4n) is 4.63. The number of anilines is 1. The molecule has 0 unspecified atom stereocenters. The molecule has 2 amide bonds. The van der Waals surface area contributed by atoms with E-state index >= 15 is 0 Å². The number of carbonyl (C=O) groups excluding carboxylic acids is 2. The first-order chi connectivity index (χ1) is 17.7. The number of fused-ring (bicyclic) bond motifs is 1. The van der Waals surface area contributed by atoms with Crippen molar-refractivity contribution in [3.8, 4) is 0 Å². The number of carbonyl (C=O) groups is 2. The zero-order valence-corrected chi connectivity index (χ0v) is 22.1. The van der Waals surface area contributed by atoms with Crippen LogP contribution in [0.15, 0.2) is 69.4 Å². The van der Waals surface area contributed by atoms with Gasteiger partial charge in [0, 0.05) is 74.5 Å². The highest BCUT2D eigenvalue weighted by Gasteiger charge is 2.23. The minimum Gasteiger partial charge on any atom is -0.423 e. The number of benzene rings is 2. The van der Waals surface area contributed by atoms with Gasteiger partial charge in [-0.1, -0.05) is 29.3 Å². The molecule has 7 heteroatoms. The molecule has 2 heterocycles. The van der Waals surface area contributed by atoms with Crippen LogP contribution in [0.1, 0.15) is 41.8 Å². The Morgan fingerprint density at radius 1 is 1.00 bits per heavy atom. The van der Waals surface area contributed by atoms with Gasteiger partial charge in [0.15, 0.2) is 0 Å². The van der Waals surface area contributed by atoms with E-state index in [0.29, 0.717) is 43.9 Å². The number of rotatable bonds is 7. The van der Waals surface area contributed by atoms with Gasteiger partial charge < -0.3 is 14.2 Å². The monoisotopic (exact) mass is 501 g/mol. The number of hydrogen-bond donors (Lipinski definition) is 0. The number of hydrogen-bond acceptors (Lipinski definition) is 5. The van der Waals surface area contributed by atoms with Crippen LogP contribution in [0.4, 0.5) is 5.69 Å². The highest BCUT2D eigenvalue weighted by atomic mass is 16.4. The van der Waals surface area contributed by atoms with Crippen LogP contribution in [0.2, 0.25) is 0 Å². The maximum atomic E-state index is 13.4. The van der Waals surface area contributed by atoms with Gasteiger partial charge in [-0.3, -0.25) is 14.5 Å². The Bertz CT molecular complexity index is 1380. The largest absolute Gasteiger partial charge is 0.423 e. The Labute approximate surface area is 218 Å². The lowest BCUT2D eigenvalue weighted by Crippen LogP contribution is -2.49. The number of aryl methyl sites for hydroxylation is 2. The molecular weight excluding hydrogens is 466 g/mol. The molecule has 0 aliphatic carbocycles. The second-order valence-corrected chi connectivity index (χ2v) is 9.97. The van der Waals surface area contributed by atoms with E-state index in [1.807, 2.05) is 75.1 Å². The van der Waals surface area contributed by atoms with E-state index in [2.05, 4.69) is 4.90 Å². The van der Waals surface area contributed by atoms with E-state index in [1.165, 1.54) is 6.07 Å². The molecule has 37 heavy (non-hydrogen) atoms. The van der Waals surface area contributed by atoms with Gasteiger partial charge in [0.2, 0.25) is 5.91 Å². The molecule has 7 nitrogen and oxygen atoms in total. The van der Waals surface area contributed by atoms with Crippen molar-refractivity contribution in [2.45, 2.75) is 34.1 Å². The van der Waals surface area contributed by atoms with E-state index in [4.69, 9.17) is 4.42 Å². The highest BCUT2D eigenvalue weighted by Crippen LogP contribution is 2.24. The molecular formula is C30H35N3O4. The van der Waals surface area contributed by atoms with Crippen LogP contribution >= 0.6 is 0 Å². The molecule has 1 saturated heterocycles. The second-order valence-electron chi connectivity index (χ2n) is 9.97. The average Bonchev–Trinajstić information content (AvgIpc) is 2.87. The van der Waals surface area contributed by atoms with Gasteiger partial charge in [-0.25, -0.2) is 4.79 Å². The lowest BCUT2D eigenvalue weighted by atomic mass is 10.1. The van der Waals surface area contributed by atoms with Crippen LogP contribution in [0, 0.1) is 13.8 Å². The topological polar surface area (TPSA) is 74.1 Å². The Hall–Kier alpha value is -3.71. The number of allylic oxidation sites excluding steroid dienone is 1. The maximum Gasteiger partial charge on any atom is 0.336 e. The lowest BCUT2D eigenvalue weighted by molar-refractivity contribution is -0.118. The summed E-state index contributed by atoms with van der Waals surface area (Å²) < 4.78 is 5.41. The van der Waals surface area contributed by atoms with Crippen molar-refractivity contribution in [1.29, 1.82) is 0 Å². The van der Waals surface area contributed by atoms with Crippen molar-refractivity contribution < 1.29 is 14.0 Å². The Kier molecular flexibility index (Phi) is 8.24. The van der Waals surface area contributed by atoms with Crippen LogP contribution < -0.4 is 10.5 Å². The molecule has 0 N–H and O–H groups in total. The third-order valence-corrected chi connectivity index (χ3v) is 6.80. The molecule has 0 radical (unpaired) electrons. The normalized spacial score (nSPS) is 14.0. The van der Waals surface area contributed by atoms with E-state index in [-0.39, 0.29) is 11.8 Å². The summed E-state index contributed by atoms with van der Waals surface area (Å²) in [6.07, 6.45) is 2.38. The number of nitrogens with zero attached hydrogens (tertiary/aromatic N) is 3. The fraction of sp³-hybridized carbons (Fsp3) is 0.367. The predicted octanol–water partition coefficient (Wildman–Crippen LogP) is 4.56. The average molecular weight is 502 g/mol. The third kappa shape index (κ3) is 6.54. The van der Waals surface area contributed by atoms with Crippen LogP contribution in [0.3, 0.4) is 0 Å². The van der Waals surface area contributed by atoms with Crippen LogP contribution in [-0.2, 0) is 4.79 Å². The van der Waals surface area contributed by atoms with Gasteiger partial charge in [-0.2, -0.15) is 0 Å². The van der Waals surface area contributed by atoms with E-state index in [9.17, 15) is 14.4 Å². The molecule has 1 fully saturated rings. The van der Waals surface area contributed by atoms with Gasteiger partial charge in [-0.05, 0) is 57.5 Å². The van der Waals surface area contributed by atoms with Gasteiger partial charge in [-0.15, -0.1) is 0 Å². The molecule has 0 atom stereocenters. The molecule has 3 aromatic rings. The Morgan fingerprint density at radius 3 is 2.46 bits per heavy atom. The van der Waals surface area contributed by atoms with Crippen molar-refractivity contribution in [3.05, 3.63) is 87.3 Å². The van der Waals surface area contributed by atoms with Crippen LogP contribution in [-0.4, -0.2) is 60.9 Å². The Morgan fingerprint density at radius 2 is 1.76 bits per heavy atom. The molecule has 1 aliphatic heterocycles. The quantitative estimate of drug-likeness (QED) is 0.351. The third-order valence-electron chi connectivity index (χ3n) is 6.80. The standard InChI is InChI=1S/C30H35N3O4/c1-21(2)10-13-33(25-8-9-26-23(4)19-29(35)37-27(26)20-25)28(34)11-12-31-14-16-32(17-15-31)30(36)24-7-5-6-22(3)18-24/h5-10,18-20H,11-17H2,1-4H3. The van der Waals surface area contributed by atoms with Crippen LogP contribution in [0.5, 0.6) is 0 Å². The number of amides is 2. The lowest BCUT2D eigenvalue weighted by Gasteiger charge is -2.35. The minimum atomic E-state index is -0.399. The zero-order chi connectivity index (χ0) is 26.5. The predicted molar refractivity (Wildman–Crippen MR) is 147 cm³/mol. The summed E-state index contributed by atoms with van der Waals surface area (Å²) in [6, 6.07) is 14.7. The summed E-state index contributed by atoms with van der Waals surface area (Å²) in [5.41, 5.74) is 4.55. The van der Waals surface area contributed by atoms with Crippen molar-refractivity contribution in [3.63, 3.8) is 0 Å². The fourth-order valence-corrected chi connectivity index (χ4v) is 4.63. The summed E-state index contributed by atoms with van der Waals surface area (Å²) in [4.78, 5) is 44.0. The van der Waals surface area contributed by atoms with Gasteiger partial charge >= 0.3 is 5.63 Å². The van der Waals surface area contributed by atoms with Crippen molar-refractivity contribution in [2.24, 2.45) is 0 Å².